The van der Waals surface area contributed by atoms with Gasteiger partial charge in [0.1, 0.15) is 0 Å². The molecule has 0 aliphatic rings. The number of carboxylic acid groups (broad SMARTS) is 1. The monoisotopic (exact) mass is 181 g/mol. The lowest BCUT2D eigenvalue weighted by Crippen LogP contribution is -2.26. The molecule has 13 heavy (non-hydrogen) atoms. The van der Waals surface area contributed by atoms with Gasteiger partial charge in [-0.25, -0.2) is 10.6 Å². The molecule has 1 rings (SSSR count). The van der Waals surface area contributed by atoms with E-state index in [0.717, 1.165) is 0 Å². The number of nitrogens with two attached hydrogens (primary N) is 2. The topological polar surface area (TPSA) is 92.6 Å². The average molecular weight is 181 g/mol. The number of carbonyl (C=O) groups is 1. The number of anilines is 2. The zero-order valence-corrected chi connectivity index (χ0v) is 7.19. The Hall–Kier alpha value is -1.75. The maximum Gasteiger partial charge on any atom is 0.335 e. The zero-order valence-electron chi connectivity index (χ0n) is 7.19. The van der Waals surface area contributed by atoms with Crippen molar-refractivity contribution in [1.29, 1.82) is 0 Å². The van der Waals surface area contributed by atoms with Crippen molar-refractivity contribution in [1.82, 2.24) is 0 Å². The summed E-state index contributed by atoms with van der Waals surface area (Å²) < 4.78 is 0. The smallest absolute Gasteiger partial charge is 0.335 e. The third-order valence-corrected chi connectivity index (χ3v) is 1.65. The van der Waals surface area contributed by atoms with E-state index in [1.54, 1.807) is 13.1 Å². The van der Waals surface area contributed by atoms with E-state index in [-0.39, 0.29) is 5.56 Å². The fraction of sp³-hybridized carbons (Fsp3) is 0.125. The lowest BCUT2D eigenvalue weighted by Gasteiger charge is -2.14. The van der Waals surface area contributed by atoms with Gasteiger partial charge in [0.2, 0.25) is 0 Å². The minimum atomic E-state index is -1.00. The third-order valence-electron chi connectivity index (χ3n) is 1.65. The minimum absolute atomic E-state index is 0.156. The third kappa shape index (κ3) is 1.88. The molecule has 0 bridgehead atoms. The Balaban J connectivity index is 3.13. The molecule has 0 aliphatic heterocycles. The molecule has 70 valence electrons. The van der Waals surface area contributed by atoms with Crippen LogP contribution >= 0.6 is 0 Å². The van der Waals surface area contributed by atoms with E-state index in [1.807, 2.05) is 0 Å². The van der Waals surface area contributed by atoms with E-state index in [1.165, 1.54) is 17.1 Å². The number of hydrogen-bond donors (Lipinski definition) is 3. The van der Waals surface area contributed by atoms with E-state index < -0.39 is 5.97 Å². The van der Waals surface area contributed by atoms with Gasteiger partial charge in [0, 0.05) is 7.05 Å². The van der Waals surface area contributed by atoms with Crippen LogP contribution in [0.25, 0.3) is 0 Å². The van der Waals surface area contributed by atoms with Crippen LogP contribution in [-0.2, 0) is 0 Å². The molecule has 1 aromatic carbocycles. The molecule has 0 heterocycles. The van der Waals surface area contributed by atoms with Crippen molar-refractivity contribution in [2.45, 2.75) is 0 Å². The fourth-order valence-electron chi connectivity index (χ4n) is 1.01. The Labute approximate surface area is 75.5 Å². The summed E-state index contributed by atoms with van der Waals surface area (Å²) in [6.45, 7) is 0. The number of nitrogens with zero attached hydrogens (tertiary/aromatic N) is 1. The average Bonchev–Trinajstić information content (AvgIpc) is 2.03. The molecule has 0 unspecified atom stereocenters. The van der Waals surface area contributed by atoms with Crippen molar-refractivity contribution in [3.63, 3.8) is 0 Å². The van der Waals surface area contributed by atoms with Crippen molar-refractivity contribution < 1.29 is 9.90 Å². The second kappa shape index (κ2) is 3.32. The van der Waals surface area contributed by atoms with Crippen LogP contribution in [0, 0.1) is 0 Å². The molecule has 5 N–H and O–H groups in total. The maximum atomic E-state index is 10.5. The summed E-state index contributed by atoms with van der Waals surface area (Å²) in [6, 6.07) is 4.40. The van der Waals surface area contributed by atoms with Gasteiger partial charge in [0.25, 0.3) is 0 Å². The number of hydrogen-bond acceptors (Lipinski definition) is 4. The van der Waals surface area contributed by atoms with Gasteiger partial charge in [-0.3, -0.25) is 0 Å². The maximum absolute atomic E-state index is 10.5. The number of rotatable bonds is 2. The standard InChI is InChI=1S/C8H11N3O2/c1-11(10)7-3-2-5(8(12)13)4-6(7)9/h2-4H,9-10H2,1H3,(H,12,13). The first-order chi connectivity index (χ1) is 6.02. The van der Waals surface area contributed by atoms with Gasteiger partial charge in [0.15, 0.2) is 0 Å². The lowest BCUT2D eigenvalue weighted by atomic mass is 10.2. The summed E-state index contributed by atoms with van der Waals surface area (Å²) in [5.41, 5.74) is 6.68. The molecule has 0 saturated heterocycles. The number of benzene rings is 1. The number of aromatic carboxylic acids is 1. The van der Waals surface area contributed by atoms with E-state index in [4.69, 9.17) is 16.7 Å². The van der Waals surface area contributed by atoms with Gasteiger partial charge in [-0.05, 0) is 18.2 Å². The molecule has 1 aromatic rings. The van der Waals surface area contributed by atoms with Gasteiger partial charge in [-0.2, -0.15) is 0 Å². The lowest BCUT2D eigenvalue weighted by molar-refractivity contribution is 0.0697. The Morgan fingerprint density at radius 3 is 2.54 bits per heavy atom. The van der Waals surface area contributed by atoms with Crippen LogP contribution in [0.4, 0.5) is 11.4 Å². The second-order valence-corrected chi connectivity index (χ2v) is 2.69. The van der Waals surface area contributed by atoms with Crippen molar-refractivity contribution in [2.24, 2.45) is 5.84 Å². The fourth-order valence-corrected chi connectivity index (χ4v) is 1.01. The van der Waals surface area contributed by atoms with Gasteiger partial charge in [0.05, 0.1) is 16.9 Å². The molecule has 0 radical (unpaired) electrons. The highest BCUT2D eigenvalue weighted by atomic mass is 16.4. The molecular formula is C8H11N3O2. The summed E-state index contributed by atoms with van der Waals surface area (Å²) in [5.74, 6) is 4.44. The normalized spacial score (nSPS) is 9.69. The Bertz CT molecular complexity index is 336. The number of carboxylic acids is 1. The molecule has 0 atom stereocenters. The van der Waals surface area contributed by atoms with Crippen LogP contribution in [0.1, 0.15) is 10.4 Å². The molecule has 0 spiro atoms. The van der Waals surface area contributed by atoms with Crippen molar-refractivity contribution >= 4 is 17.3 Å². The van der Waals surface area contributed by atoms with Crippen LogP contribution < -0.4 is 16.6 Å². The Kier molecular flexibility index (Phi) is 2.39. The predicted octanol–water partition coefficient (Wildman–Crippen LogP) is 0.277. The van der Waals surface area contributed by atoms with Gasteiger partial charge < -0.3 is 15.8 Å². The van der Waals surface area contributed by atoms with E-state index in [9.17, 15) is 4.79 Å². The minimum Gasteiger partial charge on any atom is -0.478 e. The van der Waals surface area contributed by atoms with E-state index in [2.05, 4.69) is 0 Å². The highest BCUT2D eigenvalue weighted by molar-refractivity contribution is 5.90. The molecule has 0 saturated carbocycles. The summed E-state index contributed by atoms with van der Waals surface area (Å²) >= 11 is 0. The van der Waals surface area contributed by atoms with Gasteiger partial charge in [-0.1, -0.05) is 0 Å². The first kappa shape index (κ1) is 9.34. The second-order valence-electron chi connectivity index (χ2n) is 2.69. The highest BCUT2D eigenvalue weighted by Crippen LogP contribution is 2.21. The summed E-state index contributed by atoms with van der Waals surface area (Å²) in [4.78, 5) is 10.5. The summed E-state index contributed by atoms with van der Waals surface area (Å²) in [5, 5.41) is 9.97. The first-order valence-corrected chi connectivity index (χ1v) is 3.63. The predicted molar refractivity (Wildman–Crippen MR) is 50.4 cm³/mol. The number of nitrogen functional groups attached to an aromatic ring is 1. The molecule has 0 amide bonds. The molecule has 0 aliphatic carbocycles. The van der Waals surface area contributed by atoms with Crippen LogP contribution in [0.3, 0.4) is 0 Å². The van der Waals surface area contributed by atoms with Crippen LogP contribution in [0.2, 0.25) is 0 Å². The SMILES string of the molecule is CN(N)c1ccc(C(=O)O)cc1N. The highest BCUT2D eigenvalue weighted by Gasteiger charge is 2.06. The summed E-state index contributed by atoms with van der Waals surface area (Å²) in [7, 11) is 1.63. The molecular weight excluding hydrogens is 170 g/mol. The van der Waals surface area contributed by atoms with Crippen LogP contribution in [-0.4, -0.2) is 18.1 Å². The molecule has 0 aromatic heterocycles. The quantitative estimate of drug-likeness (QED) is 0.346. The first-order valence-electron chi connectivity index (χ1n) is 3.63. The Morgan fingerprint density at radius 1 is 1.54 bits per heavy atom. The van der Waals surface area contributed by atoms with Gasteiger partial charge in [-0.15, -0.1) is 0 Å². The summed E-state index contributed by atoms with van der Waals surface area (Å²) in [6.07, 6.45) is 0. The van der Waals surface area contributed by atoms with Crippen molar-refractivity contribution in [2.75, 3.05) is 17.8 Å². The molecule has 5 heteroatoms. The van der Waals surface area contributed by atoms with Crippen molar-refractivity contribution in [3.8, 4) is 0 Å². The van der Waals surface area contributed by atoms with Crippen LogP contribution in [0.5, 0.6) is 0 Å². The molecule has 0 fully saturated rings. The van der Waals surface area contributed by atoms with E-state index >= 15 is 0 Å². The van der Waals surface area contributed by atoms with Gasteiger partial charge >= 0.3 is 5.97 Å². The van der Waals surface area contributed by atoms with E-state index in [0.29, 0.717) is 11.4 Å². The van der Waals surface area contributed by atoms with Crippen molar-refractivity contribution in [3.05, 3.63) is 23.8 Å². The largest absolute Gasteiger partial charge is 0.478 e. The Morgan fingerprint density at radius 2 is 2.15 bits per heavy atom. The zero-order chi connectivity index (χ0) is 10.0. The van der Waals surface area contributed by atoms with Crippen LogP contribution in [0.15, 0.2) is 18.2 Å². The molecule has 5 nitrogen and oxygen atoms in total. The number of hydrazine groups is 1.